The van der Waals surface area contributed by atoms with Crippen molar-refractivity contribution in [3.05, 3.63) is 58.3 Å². The molecule has 0 fully saturated rings. The third kappa shape index (κ3) is 1.95. The predicted molar refractivity (Wildman–Crippen MR) is 80.8 cm³/mol. The molecule has 0 aliphatic heterocycles. The maximum absolute atomic E-state index is 12.5. The zero-order valence-corrected chi connectivity index (χ0v) is 11.6. The van der Waals surface area contributed by atoms with Crippen LogP contribution in [-0.4, -0.2) is 5.11 Å². The van der Waals surface area contributed by atoms with Crippen molar-refractivity contribution >= 4 is 31.5 Å². The van der Waals surface area contributed by atoms with Crippen LogP contribution in [-0.2, 0) is 5.60 Å². The second kappa shape index (κ2) is 4.15. The third-order valence-electron chi connectivity index (χ3n) is 3.26. The molecule has 0 atom stereocenters. The Morgan fingerprint density at radius 2 is 1.68 bits per heavy atom. The average Bonchev–Trinajstić information content (AvgIpc) is 2.37. The SMILES string of the molecule is CC(C)(O)c1cccc2c(=O)c3ccccc3sc12. The molecule has 3 heteroatoms. The normalized spacial score (nSPS) is 12.2. The summed E-state index contributed by atoms with van der Waals surface area (Å²) in [5, 5.41) is 11.7. The summed E-state index contributed by atoms with van der Waals surface area (Å²) >= 11 is 1.56. The molecule has 0 saturated heterocycles. The van der Waals surface area contributed by atoms with E-state index in [1.165, 1.54) is 0 Å². The second-order valence-corrected chi connectivity index (χ2v) is 6.22. The highest BCUT2D eigenvalue weighted by molar-refractivity contribution is 7.24. The molecule has 19 heavy (non-hydrogen) atoms. The standard InChI is InChI=1S/C16H14O2S/c1-16(2,18)12-8-5-7-11-14(17)10-6-3-4-9-13(10)19-15(11)12/h3-9,18H,1-2H3. The Morgan fingerprint density at radius 1 is 1.00 bits per heavy atom. The number of rotatable bonds is 1. The number of aliphatic hydroxyl groups is 1. The highest BCUT2D eigenvalue weighted by atomic mass is 32.1. The van der Waals surface area contributed by atoms with E-state index in [1.807, 2.05) is 42.5 Å². The summed E-state index contributed by atoms with van der Waals surface area (Å²) in [6.45, 7) is 3.49. The molecule has 2 aromatic carbocycles. The first kappa shape index (κ1) is 12.3. The molecule has 0 unspecified atom stereocenters. The van der Waals surface area contributed by atoms with Crippen LogP contribution in [0, 0.1) is 0 Å². The van der Waals surface area contributed by atoms with Crippen LogP contribution in [0.25, 0.3) is 20.2 Å². The van der Waals surface area contributed by atoms with E-state index in [0.717, 1.165) is 20.3 Å². The lowest BCUT2D eigenvalue weighted by Gasteiger charge is -2.19. The molecule has 0 aliphatic carbocycles. The molecule has 3 rings (SSSR count). The van der Waals surface area contributed by atoms with Gasteiger partial charge in [-0.3, -0.25) is 4.79 Å². The molecule has 0 amide bonds. The maximum atomic E-state index is 12.5. The lowest BCUT2D eigenvalue weighted by molar-refractivity contribution is 0.0803. The molecule has 2 nitrogen and oxygen atoms in total. The quantitative estimate of drug-likeness (QED) is 0.685. The smallest absolute Gasteiger partial charge is 0.195 e. The maximum Gasteiger partial charge on any atom is 0.195 e. The summed E-state index contributed by atoms with van der Waals surface area (Å²) in [4.78, 5) is 12.5. The van der Waals surface area contributed by atoms with Gasteiger partial charge in [-0.2, -0.15) is 0 Å². The van der Waals surface area contributed by atoms with Gasteiger partial charge in [0.15, 0.2) is 5.43 Å². The number of hydrogen-bond donors (Lipinski definition) is 1. The van der Waals surface area contributed by atoms with Crippen molar-refractivity contribution in [1.82, 2.24) is 0 Å². The number of hydrogen-bond acceptors (Lipinski definition) is 3. The first-order valence-electron chi connectivity index (χ1n) is 6.16. The first-order valence-corrected chi connectivity index (χ1v) is 6.97. The molecule has 0 spiro atoms. The zero-order valence-electron chi connectivity index (χ0n) is 10.8. The van der Waals surface area contributed by atoms with E-state index >= 15 is 0 Å². The van der Waals surface area contributed by atoms with Gasteiger partial charge in [-0.25, -0.2) is 0 Å². The second-order valence-electron chi connectivity index (χ2n) is 5.17. The Bertz CT molecular complexity index is 825. The topological polar surface area (TPSA) is 37.3 Å². The van der Waals surface area contributed by atoms with Crippen LogP contribution in [0.3, 0.4) is 0 Å². The summed E-state index contributed by atoms with van der Waals surface area (Å²) in [6, 6.07) is 13.1. The van der Waals surface area contributed by atoms with Gasteiger partial charge in [-0.1, -0.05) is 24.3 Å². The van der Waals surface area contributed by atoms with Crippen molar-refractivity contribution in [1.29, 1.82) is 0 Å². The van der Waals surface area contributed by atoms with E-state index < -0.39 is 5.60 Å². The average molecular weight is 270 g/mol. The first-order chi connectivity index (χ1) is 8.98. The summed E-state index contributed by atoms with van der Waals surface area (Å²) in [5.74, 6) is 0. The molecule has 0 saturated carbocycles. The van der Waals surface area contributed by atoms with Gasteiger partial charge in [0, 0.05) is 25.7 Å². The number of benzene rings is 2. The minimum absolute atomic E-state index is 0.0375. The minimum atomic E-state index is -0.953. The Hall–Kier alpha value is -1.71. The Balaban J connectivity index is 2.55. The van der Waals surface area contributed by atoms with Gasteiger partial charge < -0.3 is 5.11 Å². The van der Waals surface area contributed by atoms with E-state index in [9.17, 15) is 9.90 Å². The van der Waals surface area contributed by atoms with Crippen LogP contribution in [0.5, 0.6) is 0 Å². The van der Waals surface area contributed by atoms with E-state index in [1.54, 1.807) is 25.2 Å². The van der Waals surface area contributed by atoms with E-state index in [4.69, 9.17) is 0 Å². The van der Waals surface area contributed by atoms with E-state index in [2.05, 4.69) is 0 Å². The minimum Gasteiger partial charge on any atom is -0.386 e. The van der Waals surface area contributed by atoms with Gasteiger partial charge in [0.2, 0.25) is 0 Å². The zero-order chi connectivity index (χ0) is 13.6. The van der Waals surface area contributed by atoms with Crippen LogP contribution < -0.4 is 5.43 Å². The molecular weight excluding hydrogens is 256 g/mol. The summed E-state index contributed by atoms with van der Waals surface area (Å²) in [5.41, 5.74) is -0.112. The fourth-order valence-corrected chi connectivity index (χ4v) is 3.64. The molecule has 0 bridgehead atoms. The van der Waals surface area contributed by atoms with Crippen LogP contribution in [0.2, 0.25) is 0 Å². The van der Waals surface area contributed by atoms with E-state index in [-0.39, 0.29) is 5.43 Å². The van der Waals surface area contributed by atoms with Gasteiger partial charge in [0.1, 0.15) is 0 Å². The van der Waals surface area contributed by atoms with Crippen molar-refractivity contribution in [2.45, 2.75) is 19.4 Å². The van der Waals surface area contributed by atoms with Crippen molar-refractivity contribution in [3.63, 3.8) is 0 Å². The molecular formula is C16H14O2S. The van der Waals surface area contributed by atoms with Gasteiger partial charge in [-0.15, -0.1) is 11.3 Å². The fourth-order valence-electron chi connectivity index (χ4n) is 2.31. The van der Waals surface area contributed by atoms with Crippen molar-refractivity contribution in [2.24, 2.45) is 0 Å². The molecule has 1 aromatic heterocycles. The van der Waals surface area contributed by atoms with Crippen LogP contribution in [0.1, 0.15) is 19.4 Å². The lowest BCUT2D eigenvalue weighted by Crippen LogP contribution is -2.16. The molecule has 1 N–H and O–H groups in total. The summed E-state index contributed by atoms with van der Waals surface area (Å²) < 4.78 is 1.83. The monoisotopic (exact) mass is 270 g/mol. The largest absolute Gasteiger partial charge is 0.386 e. The van der Waals surface area contributed by atoms with Gasteiger partial charge >= 0.3 is 0 Å². The molecule has 1 heterocycles. The van der Waals surface area contributed by atoms with E-state index in [0.29, 0.717) is 5.39 Å². The molecule has 0 radical (unpaired) electrons. The lowest BCUT2D eigenvalue weighted by atomic mass is 9.97. The molecule has 0 aliphatic rings. The van der Waals surface area contributed by atoms with Gasteiger partial charge in [0.05, 0.1) is 5.60 Å². The molecule has 96 valence electrons. The highest BCUT2D eigenvalue weighted by Gasteiger charge is 2.20. The van der Waals surface area contributed by atoms with Crippen molar-refractivity contribution in [2.75, 3.05) is 0 Å². The third-order valence-corrected chi connectivity index (χ3v) is 4.48. The Kier molecular flexibility index (Phi) is 2.69. The summed E-state index contributed by atoms with van der Waals surface area (Å²) in [6.07, 6.45) is 0. The Labute approximate surface area is 114 Å². The fraction of sp³-hybridized carbons (Fsp3) is 0.188. The summed E-state index contributed by atoms with van der Waals surface area (Å²) in [7, 11) is 0. The van der Waals surface area contributed by atoms with Gasteiger partial charge in [-0.05, 0) is 32.0 Å². The Morgan fingerprint density at radius 3 is 2.42 bits per heavy atom. The number of fused-ring (bicyclic) bond motifs is 2. The van der Waals surface area contributed by atoms with Crippen molar-refractivity contribution in [3.8, 4) is 0 Å². The van der Waals surface area contributed by atoms with Crippen LogP contribution in [0.4, 0.5) is 0 Å². The predicted octanol–water partition coefficient (Wildman–Crippen LogP) is 3.64. The van der Waals surface area contributed by atoms with Crippen LogP contribution >= 0.6 is 11.3 Å². The van der Waals surface area contributed by atoms with Crippen LogP contribution in [0.15, 0.2) is 47.3 Å². The van der Waals surface area contributed by atoms with Gasteiger partial charge in [0.25, 0.3) is 0 Å². The molecule has 3 aromatic rings. The highest BCUT2D eigenvalue weighted by Crippen LogP contribution is 2.32. The van der Waals surface area contributed by atoms with Crippen molar-refractivity contribution < 1.29 is 5.11 Å².